The van der Waals surface area contributed by atoms with E-state index in [1.807, 2.05) is 0 Å². The van der Waals surface area contributed by atoms with Gasteiger partial charge < -0.3 is 29.0 Å². The lowest BCUT2D eigenvalue weighted by Crippen LogP contribution is -2.51. The SMILES string of the molecule is COc1cc(OC)cc([C@@H]2CC(=O)N(Cc3ccc(OC)c(OC)c3)[C@H](c3ccc(O)cc3)[C@H]2[N+](=O)[O-])c1. The minimum atomic E-state index is -1.19. The first-order chi connectivity index (χ1) is 18.3. The third-order valence-electron chi connectivity index (χ3n) is 6.87. The molecule has 0 bridgehead atoms. The zero-order valence-corrected chi connectivity index (χ0v) is 21.6. The molecule has 38 heavy (non-hydrogen) atoms. The van der Waals surface area contributed by atoms with Crippen molar-refractivity contribution in [2.75, 3.05) is 28.4 Å². The number of piperidine rings is 1. The van der Waals surface area contributed by atoms with E-state index in [4.69, 9.17) is 18.9 Å². The van der Waals surface area contributed by atoms with Crippen molar-refractivity contribution in [3.63, 3.8) is 0 Å². The van der Waals surface area contributed by atoms with Crippen LogP contribution in [0.2, 0.25) is 0 Å². The van der Waals surface area contributed by atoms with Crippen LogP contribution in [0.3, 0.4) is 0 Å². The fraction of sp³-hybridized carbons (Fsp3) is 0.321. The highest BCUT2D eigenvalue weighted by Crippen LogP contribution is 2.44. The number of likely N-dealkylation sites (tertiary alicyclic amines) is 1. The normalized spacial score (nSPS) is 19.1. The Bertz CT molecular complexity index is 1290. The zero-order valence-electron chi connectivity index (χ0n) is 21.6. The monoisotopic (exact) mass is 522 g/mol. The Morgan fingerprint density at radius 1 is 0.868 bits per heavy atom. The molecule has 1 aliphatic rings. The second-order valence-corrected chi connectivity index (χ2v) is 8.98. The van der Waals surface area contributed by atoms with E-state index in [9.17, 15) is 20.0 Å². The van der Waals surface area contributed by atoms with Crippen LogP contribution in [0, 0.1) is 10.1 Å². The summed E-state index contributed by atoms with van der Waals surface area (Å²) in [6, 6.07) is 14.4. The van der Waals surface area contributed by atoms with Gasteiger partial charge in [0.2, 0.25) is 11.9 Å². The lowest BCUT2D eigenvalue weighted by molar-refractivity contribution is -0.537. The van der Waals surface area contributed by atoms with E-state index in [1.54, 1.807) is 48.5 Å². The summed E-state index contributed by atoms with van der Waals surface area (Å²) in [5.41, 5.74) is 1.84. The molecule has 0 saturated carbocycles. The zero-order chi connectivity index (χ0) is 27.4. The van der Waals surface area contributed by atoms with Gasteiger partial charge in [-0.05, 0) is 53.1 Å². The average molecular weight is 523 g/mol. The third kappa shape index (κ3) is 5.29. The van der Waals surface area contributed by atoms with E-state index in [1.165, 1.54) is 45.5 Å². The van der Waals surface area contributed by atoms with Gasteiger partial charge in [-0.3, -0.25) is 14.9 Å². The van der Waals surface area contributed by atoms with Gasteiger partial charge in [-0.1, -0.05) is 18.2 Å². The van der Waals surface area contributed by atoms with Crippen molar-refractivity contribution in [3.05, 3.63) is 87.5 Å². The molecule has 3 aromatic rings. The second kappa shape index (κ2) is 11.3. The summed E-state index contributed by atoms with van der Waals surface area (Å²) in [6.07, 6.45) is -0.0795. The largest absolute Gasteiger partial charge is 0.508 e. The molecule has 0 unspecified atom stereocenters. The van der Waals surface area contributed by atoms with Crippen LogP contribution in [0.5, 0.6) is 28.7 Å². The van der Waals surface area contributed by atoms with Gasteiger partial charge in [-0.2, -0.15) is 0 Å². The molecule has 10 heteroatoms. The minimum absolute atomic E-state index is 0.0223. The van der Waals surface area contributed by atoms with Crippen molar-refractivity contribution in [2.45, 2.75) is 31.0 Å². The third-order valence-corrected chi connectivity index (χ3v) is 6.87. The summed E-state index contributed by atoms with van der Waals surface area (Å²) in [5, 5.41) is 22.6. The van der Waals surface area contributed by atoms with Crippen LogP contribution in [-0.2, 0) is 11.3 Å². The maximum absolute atomic E-state index is 13.7. The fourth-order valence-electron chi connectivity index (χ4n) is 5.02. The highest BCUT2D eigenvalue weighted by molar-refractivity contribution is 5.79. The van der Waals surface area contributed by atoms with E-state index in [-0.39, 0.29) is 29.5 Å². The van der Waals surface area contributed by atoms with Gasteiger partial charge >= 0.3 is 0 Å². The molecule has 0 radical (unpaired) electrons. The molecule has 1 N–H and O–H groups in total. The molecule has 3 atom stereocenters. The van der Waals surface area contributed by atoms with Crippen LogP contribution in [0.1, 0.15) is 35.1 Å². The van der Waals surface area contributed by atoms with Gasteiger partial charge in [-0.25, -0.2) is 0 Å². The Morgan fingerprint density at radius 2 is 1.50 bits per heavy atom. The first kappa shape index (κ1) is 26.6. The Hall–Kier alpha value is -4.47. The van der Waals surface area contributed by atoms with Crippen LogP contribution < -0.4 is 18.9 Å². The number of nitrogens with zero attached hydrogens (tertiary/aromatic N) is 2. The van der Waals surface area contributed by atoms with E-state index >= 15 is 0 Å². The van der Waals surface area contributed by atoms with Gasteiger partial charge in [0.15, 0.2) is 11.5 Å². The lowest BCUT2D eigenvalue weighted by atomic mass is 9.78. The quantitative estimate of drug-likeness (QED) is 0.326. The molecule has 1 aliphatic heterocycles. The van der Waals surface area contributed by atoms with E-state index < -0.39 is 18.0 Å². The lowest BCUT2D eigenvalue weighted by Gasteiger charge is -2.41. The minimum Gasteiger partial charge on any atom is -0.508 e. The molecule has 0 aromatic heterocycles. The van der Waals surface area contributed by atoms with Crippen LogP contribution in [0.4, 0.5) is 0 Å². The number of phenols is 1. The second-order valence-electron chi connectivity index (χ2n) is 8.98. The number of carbonyl (C=O) groups excluding carboxylic acids is 1. The number of carbonyl (C=O) groups is 1. The summed E-state index contributed by atoms with van der Waals surface area (Å²) < 4.78 is 21.5. The number of aromatic hydroxyl groups is 1. The number of amides is 1. The van der Waals surface area contributed by atoms with Crippen molar-refractivity contribution in [1.29, 1.82) is 0 Å². The smallest absolute Gasteiger partial charge is 0.244 e. The Morgan fingerprint density at radius 3 is 2.05 bits per heavy atom. The number of phenolic OH excluding ortho intramolecular Hbond substituents is 1. The van der Waals surface area contributed by atoms with E-state index in [2.05, 4.69) is 0 Å². The molecule has 1 amide bonds. The van der Waals surface area contributed by atoms with Gasteiger partial charge in [0.05, 0.1) is 34.4 Å². The first-order valence-corrected chi connectivity index (χ1v) is 11.9. The number of ether oxygens (including phenoxy) is 4. The van der Waals surface area contributed by atoms with Gasteiger partial charge in [0, 0.05) is 24.0 Å². The molecular weight excluding hydrogens is 492 g/mol. The van der Waals surface area contributed by atoms with Gasteiger partial charge in [-0.15, -0.1) is 0 Å². The summed E-state index contributed by atoms with van der Waals surface area (Å²) in [4.78, 5) is 27.6. The predicted octanol–water partition coefficient (Wildman–Crippen LogP) is 4.33. The topological polar surface area (TPSA) is 121 Å². The van der Waals surface area contributed by atoms with Crippen LogP contribution >= 0.6 is 0 Å². The van der Waals surface area contributed by atoms with Crippen LogP contribution in [-0.4, -0.2) is 55.3 Å². The number of nitro groups is 1. The predicted molar refractivity (Wildman–Crippen MR) is 139 cm³/mol. The highest BCUT2D eigenvalue weighted by Gasteiger charge is 2.50. The fourth-order valence-corrected chi connectivity index (χ4v) is 5.02. The molecule has 1 fully saturated rings. The van der Waals surface area contributed by atoms with Crippen molar-refractivity contribution in [1.82, 2.24) is 4.90 Å². The standard InChI is InChI=1S/C28H30N2O8/c1-35-21-12-19(13-22(14-21)36-2)23-15-26(32)29(16-17-5-10-24(37-3)25(11-17)38-4)27(28(23)30(33)34)18-6-8-20(31)9-7-18/h5-14,23,27-28,31H,15-16H2,1-4H3/t23-,27+,28-/m0/s1. The first-order valence-electron chi connectivity index (χ1n) is 11.9. The molecule has 1 saturated heterocycles. The van der Waals surface area contributed by atoms with Crippen LogP contribution in [0.25, 0.3) is 0 Å². The number of hydrogen-bond donors (Lipinski definition) is 1. The van der Waals surface area contributed by atoms with Crippen molar-refractivity contribution in [3.8, 4) is 28.7 Å². The molecule has 0 aliphatic carbocycles. The summed E-state index contributed by atoms with van der Waals surface area (Å²) in [7, 11) is 6.05. The molecule has 200 valence electrons. The molecular formula is C28H30N2O8. The molecule has 0 spiro atoms. The highest BCUT2D eigenvalue weighted by atomic mass is 16.6. The van der Waals surface area contributed by atoms with Crippen LogP contribution in [0.15, 0.2) is 60.7 Å². The maximum Gasteiger partial charge on any atom is 0.244 e. The van der Waals surface area contributed by atoms with E-state index in [0.717, 1.165) is 5.56 Å². The number of methoxy groups -OCH3 is 4. The maximum atomic E-state index is 13.7. The van der Waals surface area contributed by atoms with Crippen molar-refractivity contribution >= 4 is 5.91 Å². The average Bonchev–Trinajstić information content (AvgIpc) is 2.93. The van der Waals surface area contributed by atoms with Crippen molar-refractivity contribution < 1.29 is 33.8 Å². The molecule has 1 heterocycles. The Labute approximate surface area is 220 Å². The van der Waals surface area contributed by atoms with E-state index in [0.29, 0.717) is 34.1 Å². The molecule has 3 aromatic carbocycles. The molecule has 4 rings (SSSR count). The summed E-state index contributed by atoms with van der Waals surface area (Å²) in [6.45, 7) is 0.114. The van der Waals surface area contributed by atoms with Crippen molar-refractivity contribution in [2.24, 2.45) is 0 Å². The van der Waals surface area contributed by atoms with Gasteiger partial charge in [0.1, 0.15) is 23.3 Å². The number of rotatable bonds is 9. The number of benzene rings is 3. The summed E-state index contributed by atoms with van der Waals surface area (Å²) >= 11 is 0. The molecule has 10 nitrogen and oxygen atoms in total. The Balaban J connectivity index is 1.82. The Kier molecular flexibility index (Phi) is 7.90. The number of hydrogen-bond acceptors (Lipinski definition) is 8. The van der Waals surface area contributed by atoms with Gasteiger partial charge in [0.25, 0.3) is 0 Å². The summed E-state index contributed by atoms with van der Waals surface area (Å²) in [5.74, 6) is 0.999.